The lowest BCUT2D eigenvalue weighted by molar-refractivity contribution is -0.133. The van der Waals surface area contributed by atoms with E-state index in [2.05, 4.69) is 6.07 Å². The SMILES string of the molecule is CCC(C(=O)N1CCc2ccccc2C1)N(c1cc(Cl)cc(Cl)c1)S(C)(=O)=O. The first-order chi connectivity index (χ1) is 13.2. The Kier molecular flexibility index (Phi) is 6.22. The number of anilines is 1. The third-order valence-electron chi connectivity index (χ3n) is 4.86. The number of carbonyl (C=O) groups excluding carboxylic acids is 1. The number of amides is 1. The number of halogens is 2. The topological polar surface area (TPSA) is 57.7 Å². The Morgan fingerprint density at radius 1 is 1.14 bits per heavy atom. The van der Waals surface area contributed by atoms with E-state index in [-0.39, 0.29) is 11.6 Å². The number of nitrogens with zero attached hydrogens (tertiary/aromatic N) is 2. The Bertz CT molecular complexity index is 974. The van der Waals surface area contributed by atoms with E-state index in [1.807, 2.05) is 18.2 Å². The van der Waals surface area contributed by atoms with Gasteiger partial charge in [-0.1, -0.05) is 54.4 Å². The molecule has 1 atom stereocenters. The maximum absolute atomic E-state index is 13.3. The summed E-state index contributed by atoms with van der Waals surface area (Å²) < 4.78 is 26.4. The van der Waals surface area contributed by atoms with Crippen LogP contribution in [-0.2, 0) is 27.8 Å². The van der Waals surface area contributed by atoms with Crippen molar-refractivity contribution in [3.63, 3.8) is 0 Å². The minimum atomic E-state index is -3.74. The average molecular weight is 441 g/mol. The Balaban J connectivity index is 1.96. The molecule has 0 saturated carbocycles. The number of rotatable bonds is 5. The van der Waals surface area contributed by atoms with Crippen LogP contribution in [0.2, 0.25) is 10.0 Å². The second-order valence-electron chi connectivity index (χ2n) is 6.89. The molecule has 150 valence electrons. The van der Waals surface area contributed by atoms with Gasteiger partial charge < -0.3 is 4.90 Å². The molecule has 0 aromatic heterocycles. The molecule has 0 aliphatic carbocycles. The smallest absolute Gasteiger partial charge is 0.246 e. The highest BCUT2D eigenvalue weighted by atomic mass is 35.5. The Labute approximate surface area is 175 Å². The van der Waals surface area contributed by atoms with Gasteiger partial charge in [0.1, 0.15) is 6.04 Å². The van der Waals surface area contributed by atoms with Crippen molar-refractivity contribution in [1.29, 1.82) is 0 Å². The van der Waals surface area contributed by atoms with Gasteiger partial charge in [0.05, 0.1) is 11.9 Å². The van der Waals surface area contributed by atoms with Crippen molar-refractivity contribution in [2.24, 2.45) is 0 Å². The minimum Gasteiger partial charge on any atom is -0.336 e. The van der Waals surface area contributed by atoms with Crippen LogP contribution in [0.3, 0.4) is 0 Å². The van der Waals surface area contributed by atoms with Crippen LogP contribution in [0.4, 0.5) is 5.69 Å². The maximum atomic E-state index is 13.3. The van der Waals surface area contributed by atoms with Crippen LogP contribution in [-0.4, -0.2) is 38.1 Å². The van der Waals surface area contributed by atoms with Crippen molar-refractivity contribution in [2.75, 3.05) is 17.1 Å². The molecule has 0 spiro atoms. The fraction of sp³-hybridized carbons (Fsp3) is 0.350. The Hall–Kier alpha value is -1.76. The number of carbonyl (C=O) groups is 1. The normalized spacial score (nSPS) is 15.1. The number of hydrogen-bond acceptors (Lipinski definition) is 3. The molecular weight excluding hydrogens is 419 g/mol. The molecule has 0 fully saturated rings. The predicted molar refractivity (Wildman–Crippen MR) is 113 cm³/mol. The molecule has 0 bridgehead atoms. The van der Waals surface area contributed by atoms with E-state index in [0.29, 0.717) is 29.6 Å². The number of sulfonamides is 1. The van der Waals surface area contributed by atoms with Crippen molar-refractivity contribution < 1.29 is 13.2 Å². The van der Waals surface area contributed by atoms with Gasteiger partial charge in [-0.05, 0) is 42.2 Å². The highest BCUT2D eigenvalue weighted by Gasteiger charge is 2.35. The summed E-state index contributed by atoms with van der Waals surface area (Å²) in [7, 11) is -3.74. The fourth-order valence-electron chi connectivity index (χ4n) is 3.60. The average Bonchev–Trinajstić information content (AvgIpc) is 2.63. The molecule has 2 aromatic rings. The lowest BCUT2D eigenvalue weighted by Gasteiger charge is -2.36. The first-order valence-electron chi connectivity index (χ1n) is 9.01. The molecule has 1 amide bonds. The van der Waals surface area contributed by atoms with Crippen LogP contribution < -0.4 is 4.31 Å². The number of fused-ring (bicyclic) bond motifs is 1. The molecule has 0 saturated heterocycles. The summed E-state index contributed by atoms with van der Waals surface area (Å²) >= 11 is 12.2. The van der Waals surface area contributed by atoms with Crippen LogP contribution in [0.5, 0.6) is 0 Å². The van der Waals surface area contributed by atoms with Gasteiger partial charge in [0.25, 0.3) is 0 Å². The van der Waals surface area contributed by atoms with E-state index in [4.69, 9.17) is 23.2 Å². The highest BCUT2D eigenvalue weighted by Crippen LogP contribution is 2.30. The first-order valence-corrected chi connectivity index (χ1v) is 11.6. The zero-order valence-corrected chi connectivity index (χ0v) is 18.1. The predicted octanol–water partition coefficient (Wildman–Crippen LogP) is 4.12. The molecule has 1 heterocycles. The lowest BCUT2D eigenvalue weighted by atomic mass is 9.99. The minimum absolute atomic E-state index is 0.224. The molecule has 3 rings (SSSR count). The van der Waals surface area contributed by atoms with Crippen LogP contribution in [0.25, 0.3) is 0 Å². The zero-order valence-electron chi connectivity index (χ0n) is 15.7. The van der Waals surface area contributed by atoms with E-state index < -0.39 is 16.1 Å². The van der Waals surface area contributed by atoms with Crippen LogP contribution in [0, 0.1) is 0 Å². The van der Waals surface area contributed by atoms with Gasteiger partial charge in [-0.15, -0.1) is 0 Å². The van der Waals surface area contributed by atoms with E-state index >= 15 is 0 Å². The van der Waals surface area contributed by atoms with Crippen LogP contribution in [0.1, 0.15) is 24.5 Å². The molecule has 2 aromatic carbocycles. The van der Waals surface area contributed by atoms with Gasteiger partial charge in [-0.2, -0.15) is 0 Å². The summed E-state index contributed by atoms with van der Waals surface area (Å²) in [5.74, 6) is -0.224. The molecule has 0 radical (unpaired) electrons. The molecule has 0 N–H and O–H groups in total. The lowest BCUT2D eigenvalue weighted by Crippen LogP contribution is -2.51. The third kappa shape index (κ3) is 4.45. The van der Waals surface area contributed by atoms with Crippen molar-refractivity contribution >= 4 is 44.8 Å². The Morgan fingerprint density at radius 3 is 2.32 bits per heavy atom. The monoisotopic (exact) mass is 440 g/mol. The van der Waals surface area contributed by atoms with Crippen molar-refractivity contribution in [2.45, 2.75) is 32.4 Å². The molecule has 1 aliphatic rings. The van der Waals surface area contributed by atoms with E-state index in [1.54, 1.807) is 11.8 Å². The second kappa shape index (κ2) is 8.31. The van der Waals surface area contributed by atoms with Gasteiger partial charge in [-0.3, -0.25) is 9.10 Å². The largest absolute Gasteiger partial charge is 0.336 e. The van der Waals surface area contributed by atoms with Crippen LogP contribution >= 0.6 is 23.2 Å². The van der Waals surface area contributed by atoms with Crippen LogP contribution in [0.15, 0.2) is 42.5 Å². The summed E-state index contributed by atoms with van der Waals surface area (Å²) in [5.41, 5.74) is 2.60. The summed E-state index contributed by atoms with van der Waals surface area (Å²) in [4.78, 5) is 15.0. The van der Waals surface area contributed by atoms with Gasteiger partial charge >= 0.3 is 0 Å². The van der Waals surface area contributed by atoms with E-state index in [1.165, 1.54) is 23.8 Å². The molecule has 8 heteroatoms. The molecular formula is C20H22Cl2N2O3S. The molecule has 5 nitrogen and oxygen atoms in total. The molecule has 1 aliphatic heterocycles. The highest BCUT2D eigenvalue weighted by molar-refractivity contribution is 7.92. The maximum Gasteiger partial charge on any atom is 0.246 e. The zero-order chi connectivity index (χ0) is 20.5. The Morgan fingerprint density at radius 2 is 1.75 bits per heavy atom. The summed E-state index contributed by atoms with van der Waals surface area (Å²) in [6.07, 6.45) is 2.16. The first kappa shape index (κ1) is 21.0. The van der Waals surface area contributed by atoms with Crippen molar-refractivity contribution in [3.05, 3.63) is 63.6 Å². The fourth-order valence-corrected chi connectivity index (χ4v) is 5.31. The van der Waals surface area contributed by atoms with E-state index in [9.17, 15) is 13.2 Å². The second-order valence-corrected chi connectivity index (χ2v) is 9.62. The van der Waals surface area contributed by atoms with Gasteiger partial charge in [0.15, 0.2) is 0 Å². The van der Waals surface area contributed by atoms with Gasteiger partial charge in [0.2, 0.25) is 15.9 Å². The summed E-state index contributed by atoms with van der Waals surface area (Å²) in [5, 5.41) is 0.621. The molecule has 1 unspecified atom stereocenters. The number of hydrogen-bond donors (Lipinski definition) is 0. The van der Waals surface area contributed by atoms with Gasteiger partial charge in [-0.25, -0.2) is 8.42 Å². The standard InChI is InChI=1S/C20H22Cl2N2O3S/c1-3-19(20(25)23-9-8-14-6-4-5-7-15(14)13-23)24(28(2,26)27)18-11-16(21)10-17(22)12-18/h4-7,10-12,19H,3,8-9,13H2,1-2H3. The summed E-state index contributed by atoms with van der Waals surface area (Å²) in [6, 6.07) is 11.7. The summed E-state index contributed by atoms with van der Waals surface area (Å²) in [6.45, 7) is 2.82. The third-order valence-corrected chi connectivity index (χ3v) is 6.47. The van der Waals surface area contributed by atoms with Crippen molar-refractivity contribution in [1.82, 2.24) is 4.90 Å². The number of benzene rings is 2. The van der Waals surface area contributed by atoms with Gasteiger partial charge in [0, 0.05) is 23.1 Å². The quantitative estimate of drug-likeness (QED) is 0.702. The van der Waals surface area contributed by atoms with Crippen molar-refractivity contribution in [3.8, 4) is 0 Å². The van der Waals surface area contributed by atoms with E-state index in [0.717, 1.165) is 22.5 Å². The molecule has 28 heavy (non-hydrogen) atoms.